The average Bonchev–Trinajstić information content (AvgIpc) is 2.86. The summed E-state index contributed by atoms with van der Waals surface area (Å²) in [6, 6.07) is 9.90. The number of fused-ring (bicyclic) bond motifs is 1. The zero-order valence-electron chi connectivity index (χ0n) is 20.8. The van der Waals surface area contributed by atoms with E-state index in [1.165, 1.54) is 19.2 Å². The molecule has 0 saturated heterocycles. The van der Waals surface area contributed by atoms with Gasteiger partial charge in [0.05, 0.1) is 30.8 Å². The third kappa shape index (κ3) is 5.50. The number of alkyl halides is 3. The fourth-order valence-corrected chi connectivity index (χ4v) is 4.88. The standard InChI is InChI=1S/C28H28F3NO5/c1-4-36-27(34)24-16(2)32-21-9-6-10-22(33)26(21)25(24)17-11-12-23(35-3)18(13-17)15-37-20-8-5-7-19(14-20)28(29,30)31/h5,7-9,11-14,25-26,32H,4,6,10,15H2,1-3H3. The number of halogens is 3. The Bertz CT molecular complexity index is 1260. The van der Waals surface area contributed by atoms with Gasteiger partial charge in [-0.2, -0.15) is 13.2 Å². The maximum absolute atomic E-state index is 13.1. The minimum absolute atomic E-state index is 0.0156. The largest absolute Gasteiger partial charge is 0.496 e. The summed E-state index contributed by atoms with van der Waals surface area (Å²) in [5, 5.41) is 3.22. The number of hydrogen-bond donors (Lipinski definition) is 1. The van der Waals surface area contributed by atoms with E-state index in [2.05, 4.69) is 5.32 Å². The molecule has 0 saturated carbocycles. The summed E-state index contributed by atoms with van der Waals surface area (Å²) in [6.07, 6.45) is -1.53. The number of ketones is 1. The van der Waals surface area contributed by atoms with Gasteiger partial charge in [0.1, 0.15) is 23.9 Å². The van der Waals surface area contributed by atoms with Crippen molar-refractivity contribution >= 4 is 11.8 Å². The molecule has 1 aliphatic heterocycles. The molecule has 0 spiro atoms. The smallest absolute Gasteiger partial charge is 0.416 e. The first-order valence-electron chi connectivity index (χ1n) is 12.0. The Morgan fingerprint density at radius 1 is 1.14 bits per heavy atom. The second kappa shape index (κ2) is 10.7. The number of Topliss-reactive ketones (excluding diaryl/α,β-unsaturated/α-hetero) is 1. The molecule has 1 N–H and O–H groups in total. The van der Waals surface area contributed by atoms with E-state index in [9.17, 15) is 22.8 Å². The zero-order chi connectivity index (χ0) is 26.7. The first kappa shape index (κ1) is 26.3. The molecular formula is C28H28F3NO5. The molecule has 0 radical (unpaired) electrons. The molecule has 9 heteroatoms. The normalized spacial score (nSPS) is 19.5. The number of carbonyl (C=O) groups excluding carboxylic acids is 2. The van der Waals surface area contributed by atoms with Gasteiger partial charge in [-0.1, -0.05) is 18.2 Å². The van der Waals surface area contributed by atoms with Gasteiger partial charge in [0.15, 0.2) is 0 Å². The Morgan fingerprint density at radius 3 is 2.62 bits per heavy atom. The van der Waals surface area contributed by atoms with Crippen LogP contribution in [0.4, 0.5) is 13.2 Å². The van der Waals surface area contributed by atoms with Crippen LogP contribution >= 0.6 is 0 Å². The molecule has 2 aromatic rings. The van der Waals surface area contributed by atoms with Crippen LogP contribution in [0.2, 0.25) is 0 Å². The van der Waals surface area contributed by atoms with Crippen molar-refractivity contribution in [3.8, 4) is 11.5 Å². The van der Waals surface area contributed by atoms with Gasteiger partial charge in [-0.25, -0.2) is 4.79 Å². The van der Waals surface area contributed by atoms with Crippen molar-refractivity contribution < 1.29 is 37.0 Å². The van der Waals surface area contributed by atoms with Crippen LogP contribution in [0.25, 0.3) is 0 Å². The molecule has 1 aliphatic carbocycles. The maximum Gasteiger partial charge on any atom is 0.416 e. The SMILES string of the molecule is CCOC(=O)C1=C(C)NC2=CCCC(=O)C2C1c1ccc(OC)c(COc2cccc(C(F)(F)F)c2)c1. The highest BCUT2D eigenvalue weighted by molar-refractivity contribution is 5.96. The third-order valence-electron chi connectivity index (χ3n) is 6.53. The van der Waals surface area contributed by atoms with Crippen LogP contribution in [-0.4, -0.2) is 25.5 Å². The number of hydrogen-bond acceptors (Lipinski definition) is 6. The van der Waals surface area contributed by atoms with Gasteiger partial charge in [-0.3, -0.25) is 4.79 Å². The molecule has 0 bridgehead atoms. The molecule has 2 aliphatic rings. The molecule has 1 heterocycles. The summed E-state index contributed by atoms with van der Waals surface area (Å²) in [4.78, 5) is 26.1. The monoisotopic (exact) mass is 515 g/mol. The predicted molar refractivity (Wildman–Crippen MR) is 130 cm³/mol. The third-order valence-corrected chi connectivity index (χ3v) is 6.53. The van der Waals surface area contributed by atoms with Crippen molar-refractivity contribution in [2.45, 2.75) is 45.4 Å². The van der Waals surface area contributed by atoms with E-state index in [0.29, 0.717) is 41.0 Å². The molecule has 2 unspecified atom stereocenters. The van der Waals surface area contributed by atoms with Crippen LogP contribution in [0.1, 0.15) is 49.3 Å². The highest BCUT2D eigenvalue weighted by atomic mass is 19.4. The van der Waals surface area contributed by atoms with Gasteiger partial charge in [0.2, 0.25) is 0 Å². The summed E-state index contributed by atoms with van der Waals surface area (Å²) in [6.45, 7) is 3.59. The number of esters is 1. The van der Waals surface area contributed by atoms with E-state index >= 15 is 0 Å². The molecular weight excluding hydrogens is 487 g/mol. The molecule has 0 aromatic heterocycles. The van der Waals surface area contributed by atoms with Crippen molar-refractivity contribution in [2.75, 3.05) is 13.7 Å². The van der Waals surface area contributed by atoms with E-state index in [0.717, 1.165) is 17.8 Å². The van der Waals surface area contributed by atoms with Crippen LogP contribution < -0.4 is 14.8 Å². The van der Waals surface area contributed by atoms with Crippen LogP contribution in [-0.2, 0) is 27.1 Å². The minimum atomic E-state index is -4.49. The molecule has 196 valence electrons. The molecule has 37 heavy (non-hydrogen) atoms. The Labute approximate surface area is 213 Å². The quantitative estimate of drug-likeness (QED) is 0.479. The zero-order valence-corrected chi connectivity index (χ0v) is 20.8. The van der Waals surface area contributed by atoms with Crippen molar-refractivity contribution in [3.63, 3.8) is 0 Å². The fourth-order valence-electron chi connectivity index (χ4n) is 4.88. The number of benzene rings is 2. The topological polar surface area (TPSA) is 73.9 Å². The molecule has 2 atom stereocenters. The van der Waals surface area contributed by atoms with Crippen molar-refractivity contribution in [3.05, 3.63) is 82.2 Å². The van der Waals surface area contributed by atoms with Gasteiger partial charge >= 0.3 is 12.1 Å². The molecule has 0 fully saturated rings. The number of carbonyl (C=O) groups is 2. The molecule has 4 rings (SSSR count). The second-order valence-corrected chi connectivity index (χ2v) is 8.89. The van der Waals surface area contributed by atoms with E-state index < -0.39 is 29.5 Å². The molecule has 2 aromatic carbocycles. The lowest BCUT2D eigenvalue weighted by Gasteiger charge is -2.38. The fraction of sp³-hybridized carbons (Fsp3) is 0.357. The maximum atomic E-state index is 13.1. The number of ether oxygens (including phenoxy) is 3. The average molecular weight is 516 g/mol. The first-order valence-corrected chi connectivity index (χ1v) is 12.0. The summed E-state index contributed by atoms with van der Waals surface area (Å²) >= 11 is 0. The van der Waals surface area contributed by atoms with Crippen LogP contribution in [0.3, 0.4) is 0 Å². The van der Waals surface area contributed by atoms with Crippen molar-refractivity contribution in [1.29, 1.82) is 0 Å². The highest BCUT2D eigenvalue weighted by Gasteiger charge is 2.43. The number of rotatable bonds is 7. The predicted octanol–water partition coefficient (Wildman–Crippen LogP) is 5.68. The molecule has 0 amide bonds. The lowest BCUT2D eigenvalue weighted by Crippen LogP contribution is -2.40. The van der Waals surface area contributed by atoms with E-state index in [-0.39, 0.29) is 24.7 Å². The van der Waals surface area contributed by atoms with Crippen LogP contribution in [0.5, 0.6) is 11.5 Å². The van der Waals surface area contributed by atoms with Gasteiger partial charge in [0.25, 0.3) is 0 Å². The van der Waals surface area contributed by atoms with Crippen LogP contribution in [0, 0.1) is 5.92 Å². The number of nitrogens with one attached hydrogen (secondary N) is 1. The van der Waals surface area contributed by atoms with Crippen LogP contribution in [0.15, 0.2) is 65.5 Å². The number of allylic oxidation sites excluding steroid dienone is 3. The molecule has 6 nitrogen and oxygen atoms in total. The van der Waals surface area contributed by atoms with Gasteiger partial charge in [-0.15, -0.1) is 0 Å². The van der Waals surface area contributed by atoms with Gasteiger partial charge < -0.3 is 19.5 Å². The Hall–Kier alpha value is -3.75. The lowest BCUT2D eigenvalue weighted by atomic mass is 9.71. The highest BCUT2D eigenvalue weighted by Crippen LogP contribution is 2.44. The minimum Gasteiger partial charge on any atom is -0.496 e. The second-order valence-electron chi connectivity index (χ2n) is 8.89. The summed E-state index contributed by atoms with van der Waals surface area (Å²) in [5.41, 5.74) is 2.16. The Kier molecular flexibility index (Phi) is 7.61. The summed E-state index contributed by atoms with van der Waals surface area (Å²) < 4.78 is 55.8. The van der Waals surface area contributed by atoms with Gasteiger partial charge in [0, 0.05) is 29.3 Å². The summed E-state index contributed by atoms with van der Waals surface area (Å²) in [7, 11) is 1.48. The lowest BCUT2D eigenvalue weighted by molar-refractivity contribution is -0.139. The Balaban J connectivity index is 1.73. The van der Waals surface area contributed by atoms with E-state index in [1.807, 2.05) is 6.08 Å². The Morgan fingerprint density at radius 2 is 1.92 bits per heavy atom. The van der Waals surface area contributed by atoms with Crippen molar-refractivity contribution in [2.24, 2.45) is 5.92 Å². The van der Waals surface area contributed by atoms with Crippen molar-refractivity contribution in [1.82, 2.24) is 5.32 Å². The van der Waals surface area contributed by atoms with E-state index in [4.69, 9.17) is 14.2 Å². The van der Waals surface area contributed by atoms with Gasteiger partial charge in [-0.05, 0) is 56.2 Å². The first-order chi connectivity index (χ1) is 17.6. The summed E-state index contributed by atoms with van der Waals surface area (Å²) in [5.74, 6) is -1.15. The number of methoxy groups -OCH3 is 1. The van der Waals surface area contributed by atoms with E-state index in [1.54, 1.807) is 32.0 Å².